The Morgan fingerprint density at radius 1 is 1.11 bits per heavy atom. The van der Waals surface area contributed by atoms with E-state index in [-0.39, 0.29) is 6.42 Å². The van der Waals surface area contributed by atoms with Crippen LogP contribution in [0.3, 0.4) is 0 Å². The Kier molecular flexibility index (Phi) is 6.86. The average molecular weight is 397 g/mol. The summed E-state index contributed by atoms with van der Waals surface area (Å²) >= 11 is 1.36. The lowest BCUT2D eigenvalue weighted by molar-refractivity contribution is -0.304. The molecule has 0 aliphatic carbocycles. The van der Waals surface area contributed by atoms with Crippen LogP contribution in [-0.2, 0) is 24.4 Å². The van der Waals surface area contributed by atoms with E-state index in [1.807, 2.05) is 55.5 Å². The monoisotopic (exact) mass is 397 g/mol. The van der Waals surface area contributed by atoms with Gasteiger partial charge in [-0.05, 0) is 30.2 Å². The van der Waals surface area contributed by atoms with E-state index in [9.17, 15) is 9.90 Å². The molecule has 1 N–H and O–H groups in total. The summed E-state index contributed by atoms with van der Waals surface area (Å²) in [5.74, 6) is 0.249. The minimum Gasteiger partial charge on any atom is -0.550 e. The summed E-state index contributed by atoms with van der Waals surface area (Å²) in [6.45, 7) is 3.48. The van der Waals surface area contributed by atoms with Crippen LogP contribution in [0.4, 0.5) is 5.13 Å². The number of carboxylic acids is 1. The zero-order chi connectivity index (χ0) is 19.8. The smallest absolute Gasteiger partial charge is 0.183 e. The van der Waals surface area contributed by atoms with Crippen molar-refractivity contribution in [1.82, 2.24) is 4.98 Å². The third kappa shape index (κ3) is 5.72. The number of aliphatic carboxylic acids is 1. The Morgan fingerprint density at radius 3 is 2.68 bits per heavy atom. The quantitative estimate of drug-likeness (QED) is 0.566. The molecule has 0 radical (unpaired) electrons. The lowest BCUT2D eigenvalue weighted by Gasteiger charge is -2.14. The van der Waals surface area contributed by atoms with E-state index in [1.54, 1.807) is 5.38 Å². The van der Waals surface area contributed by atoms with Crippen LogP contribution in [0.25, 0.3) is 0 Å². The molecule has 0 atom stereocenters. The molecule has 1 aromatic heterocycles. The molecule has 0 bridgehead atoms. The number of nitrogens with one attached hydrogen (secondary N) is 1. The minimum atomic E-state index is -1.13. The molecule has 0 saturated carbocycles. The molecule has 146 valence electrons. The SMILES string of the molecule is CCOc1cc(CNc2nc(CC(=O)[O-])cs2)ccc1OCc1ccccc1. The highest BCUT2D eigenvalue weighted by Crippen LogP contribution is 2.30. The first-order chi connectivity index (χ1) is 13.6. The van der Waals surface area contributed by atoms with Crippen molar-refractivity contribution in [2.75, 3.05) is 11.9 Å². The normalized spacial score (nSPS) is 10.5. The molecule has 28 heavy (non-hydrogen) atoms. The van der Waals surface area contributed by atoms with Gasteiger partial charge < -0.3 is 24.7 Å². The average Bonchev–Trinajstić information content (AvgIpc) is 3.13. The van der Waals surface area contributed by atoms with Crippen molar-refractivity contribution in [2.45, 2.75) is 26.5 Å². The number of hydrogen-bond donors (Lipinski definition) is 1. The first kappa shape index (κ1) is 19.7. The van der Waals surface area contributed by atoms with Gasteiger partial charge in [0.05, 0.1) is 12.3 Å². The molecular weight excluding hydrogens is 376 g/mol. The maximum Gasteiger partial charge on any atom is 0.183 e. The largest absolute Gasteiger partial charge is 0.550 e. The molecule has 0 fully saturated rings. The van der Waals surface area contributed by atoms with Gasteiger partial charge in [0, 0.05) is 24.3 Å². The van der Waals surface area contributed by atoms with Gasteiger partial charge in [0.1, 0.15) is 6.61 Å². The first-order valence-corrected chi connectivity index (χ1v) is 9.82. The van der Waals surface area contributed by atoms with Crippen LogP contribution in [0.15, 0.2) is 53.9 Å². The molecule has 7 heteroatoms. The fourth-order valence-corrected chi connectivity index (χ4v) is 3.29. The van der Waals surface area contributed by atoms with E-state index in [0.717, 1.165) is 11.1 Å². The molecule has 0 spiro atoms. The molecule has 3 rings (SSSR count). The maximum absolute atomic E-state index is 10.6. The van der Waals surface area contributed by atoms with Crippen LogP contribution in [-0.4, -0.2) is 17.6 Å². The molecule has 0 aliphatic rings. The Balaban J connectivity index is 1.62. The fraction of sp³-hybridized carbons (Fsp3) is 0.238. The number of aromatic nitrogens is 1. The second kappa shape index (κ2) is 9.75. The van der Waals surface area contributed by atoms with E-state index < -0.39 is 5.97 Å². The van der Waals surface area contributed by atoms with E-state index in [4.69, 9.17) is 9.47 Å². The van der Waals surface area contributed by atoms with Gasteiger partial charge in [-0.3, -0.25) is 0 Å². The predicted molar refractivity (Wildman–Crippen MR) is 107 cm³/mol. The van der Waals surface area contributed by atoms with Crippen molar-refractivity contribution in [2.24, 2.45) is 0 Å². The Bertz CT molecular complexity index is 912. The van der Waals surface area contributed by atoms with E-state index >= 15 is 0 Å². The minimum absolute atomic E-state index is 0.180. The van der Waals surface area contributed by atoms with Crippen molar-refractivity contribution in [1.29, 1.82) is 0 Å². The topological polar surface area (TPSA) is 83.5 Å². The van der Waals surface area contributed by atoms with E-state index in [1.165, 1.54) is 11.3 Å². The number of nitrogens with zero attached hydrogens (tertiary/aromatic N) is 1. The summed E-state index contributed by atoms with van der Waals surface area (Å²) in [6.07, 6.45) is -0.180. The number of thiazole rings is 1. The molecule has 0 aliphatic heterocycles. The summed E-state index contributed by atoms with van der Waals surface area (Å²) < 4.78 is 11.6. The highest BCUT2D eigenvalue weighted by molar-refractivity contribution is 7.13. The molecule has 0 unspecified atom stereocenters. The Hall–Kier alpha value is -3.06. The van der Waals surface area contributed by atoms with Gasteiger partial charge >= 0.3 is 0 Å². The summed E-state index contributed by atoms with van der Waals surface area (Å²) in [4.78, 5) is 14.9. The zero-order valence-corrected chi connectivity index (χ0v) is 16.3. The molecule has 0 saturated heterocycles. The van der Waals surface area contributed by atoms with Crippen molar-refractivity contribution < 1.29 is 19.4 Å². The van der Waals surface area contributed by atoms with E-state index in [2.05, 4.69) is 10.3 Å². The number of carbonyl (C=O) groups is 1. The van der Waals surface area contributed by atoms with Crippen molar-refractivity contribution in [3.8, 4) is 11.5 Å². The lowest BCUT2D eigenvalue weighted by Crippen LogP contribution is -2.24. The number of carboxylic acid groups (broad SMARTS) is 1. The highest BCUT2D eigenvalue weighted by atomic mass is 32.1. The summed E-state index contributed by atoms with van der Waals surface area (Å²) in [5, 5.41) is 16.2. The standard InChI is InChI=1S/C21H22N2O4S/c1-2-26-19-10-16(12-22-21-23-17(14-28-21)11-20(24)25)8-9-18(19)27-13-15-6-4-3-5-7-15/h3-10,14H,2,11-13H2,1H3,(H,22,23)(H,24,25)/p-1. The number of carbonyl (C=O) groups excluding carboxylic acids is 1. The second-order valence-electron chi connectivity index (χ2n) is 6.03. The number of rotatable bonds is 10. The molecule has 1 heterocycles. The molecule has 6 nitrogen and oxygen atoms in total. The number of ether oxygens (including phenoxy) is 2. The molecular formula is C21H21N2O4S-. The summed E-state index contributed by atoms with van der Waals surface area (Å²) in [5.41, 5.74) is 2.59. The van der Waals surface area contributed by atoms with Crippen molar-refractivity contribution in [3.05, 3.63) is 70.7 Å². The van der Waals surface area contributed by atoms with Crippen LogP contribution in [0.2, 0.25) is 0 Å². The Morgan fingerprint density at radius 2 is 1.93 bits per heavy atom. The van der Waals surface area contributed by atoms with Gasteiger partial charge in [0.2, 0.25) is 0 Å². The van der Waals surface area contributed by atoms with Gasteiger partial charge in [0.15, 0.2) is 16.6 Å². The molecule has 2 aromatic carbocycles. The van der Waals surface area contributed by atoms with Gasteiger partial charge in [-0.25, -0.2) is 4.98 Å². The molecule has 3 aromatic rings. The summed E-state index contributed by atoms with van der Waals surface area (Å²) in [7, 11) is 0. The van der Waals surface area contributed by atoms with Gasteiger partial charge in [-0.2, -0.15) is 0 Å². The zero-order valence-electron chi connectivity index (χ0n) is 15.5. The third-order valence-corrected chi connectivity index (χ3v) is 4.71. The Labute approximate surface area is 167 Å². The maximum atomic E-state index is 10.6. The number of hydrogen-bond acceptors (Lipinski definition) is 7. The number of benzene rings is 2. The van der Waals surface area contributed by atoms with Crippen LogP contribution < -0.4 is 19.9 Å². The fourth-order valence-electron chi connectivity index (χ4n) is 2.58. The van der Waals surface area contributed by atoms with Crippen LogP contribution in [0.1, 0.15) is 23.7 Å². The highest BCUT2D eigenvalue weighted by Gasteiger charge is 2.08. The predicted octanol–water partition coefficient (Wildman–Crippen LogP) is 3.03. The van der Waals surface area contributed by atoms with Gasteiger partial charge in [0.25, 0.3) is 0 Å². The number of anilines is 1. The van der Waals surface area contributed by atoms with Gasteiger partial charge in [-0.1, -0.05) is 36.4 Å². The first-order valence-electron chi connectivity index (χ1n) is 8.94. The van der Waals surface area contributed by atoms with Crippen LogP contribution in [0.5, 0.6) is 11.5 Å². The van der Waals surface area contributed by atoms with Crippen LogP contribution >= 0.6 is 11.3 Å². The van der Waals surface area contributed by atoms with Gasteiger partial charge in [-0.15, -0.1) is 11.3 Å². The van der Waals surface area contributed by atoms with Crippen LogP contribution in [0, 0.1) is 0 Å². The van der Waals surface area contributed by atoms with Crippen molar-refractivity contribution in [3.63, 3.8) is 0 Å². The molecule has 0 amide bonds. The summed E-state index contributed by atoms with van der Waals surface area (Å²) in [6, 6.07) is 15.8. The third-order valence-electron chi connectivity index (χ3n) is 3.87. The lowest BCUT2D eigenvalue weighted by atomic mass is 10.2. The second-order valence-corrected chi connectivity index (χ2v) is 6.89. The van der Waals surface area contributed by atoms with E-state index in [0.29, 0.717) is 42.1 Å². The van der Waals surface area contributed by atoms with Crippen molar-refractivity contribution >= 4 is 22.4 Å².